The van der Waals surface area contributed by atoms with Crippen LogP contribution in [0.25, 0.3) is 0 Å². The van der Waals surface area contributed by atoms with E-state index in [-0.39, 0.29) is 6.61 Å². The smallest absolute Gasteiger partial charge is 0.264 e. The maximum Gasteiger partial charge on any atom is 0.264 e. The lowest BCUT2D eigenvalue weighted by Gasteiger charge is -2.37. The molecule has 0 saturated carbocycles. The van der Waals surface area contributed by atoms with Crippen molar-refractivity contribution in [3.63, 3.8) is 0 Å². The van der Waals surface area contributed by atoms with Gasteiger partial charge in [-0.25, -0.2) is 0 Å². The standard InChI is InChI=1S/C25H26O5S/c1-31(26,27)30-23-17-18-28-24(23)19-29-25(20-11-5-2-6-12-20,21-13-7-3-8-14-21)22-15-9-4-10-16-22/h2-16,23-24H,17-19H2,1H3. The number of benzene rings is 3. The predicted molar refractivity (Wildman–Crippen MR) is 119 cm³/mol. The Morgan fingerprint density at radius 2 is 1.29 bits per heavy atom. The Morgan fingerprint density at radius 3 is 1.71 bits per heavy atom. The molecule has 3 aromatic carbocycles. The van der Waals surface area contributed by atoms with Crippen molar-refractivity contribution < 1.29 is 22.1 Å². The maximum absolute atomic E-state index is 11.7. The molecule has 1 aliphatic heterocycles. The quantitative estimate of drug-likeness (QED) is 0.391. The van der Waals surface area contributed by atoms with Crippen LogP contribution in [0.15, 0.2) is 91.0 Å². The highest BCUT2D eigenvalue weighted by Crippen LogP contribution is 2.41. The highest BCUT2D eigenvalue weighted by molar-refractivity contribution is 7.86. The van der Waals surface area contributed by atoms with Crippen molar-refractivity contribution in [3.05, 3.63) is 108 Å². The molecular formula is C25H26O5S. The molecule has 1 aliphatic rings. The average molecular weight is 439 g/mol. The van der Waals surface area contributed by atoms with Crippen LogP contribution in [0.1, 0.15) is 23.1 Å². The van der Waals surface area contributed by atoms with E-state index in [0.29, 0.717) is 13.0 Å². The predicted octanol–water partition coefficient (Wildman–Crippen LogP) is 4.13. The summed E-state index contributed by atoms with van der Waals surface area (Å²) in [5.74, 6) is 0. The molecular weight excluding hydrogens is 412 g/mol. The Hall–Kier alpha value is -2.51. The van der Waals surface area contributed by atoms with E-state index < -0.39 is 27.9 Å². The van der Waals surface area contributed by atoms with Gasteiger partial charge in [-0.1, -0.05) is 91.0 Å². The summed E-state index contributed by atoms with van der Waals surface area (Å²) in [4.78, 5) is 0. The first kappa shape index (κ1) is 21.7. The third kappa shape index (κ3) is 4.88. The van der Waals surface area contributed by atoms with E-state index in [1.165, 1.54) is 0 Å². The highest BCUT2D eigenvalue weighted by atomic mass is 32.2. The molecule has 0 spiro atoms. The molecule has 0 aromatic heterocycles. The second-order valence-electron chi connectivity index (χ2n) is 7.63. The summed E-state index contributed by atoms with van der Waals surface area (Å²) in [7, 11) is -3.59. The van der Waals surface area contributed by atoms with Crippen LogP contribution in [0.5, 0.6) is 0 Å². The van der Waals surface area contributed by atoms with Gasteiger partial charge >= 0.3 is 0 Å². The number of hydrogen-bond acceptors (Lipinski definition) is 5. The molecule has 1 saturated heterocycles. The Kier molecular flexibility index (Phi) is 6.53. The van der Waals surface area contributed by atoms with Crippen LogP contribution in [-0.2, 0) is 29.4 Å². The van der Waals surface area contributed by atoms with Crippen LogP contribution in [0, 0.1) is 0 Å². The summed E-state index contributed by atoms with van der Waals surface area (Å²) in [5.41, 5.74) is 2.05. The second-order valence-corrected chi connectivity index (χ2v) is 9.23. The SMILES string of the molecule is CS(=O)(=O)OC1CCOC1COC(c1ccccc1)(c1ccccc1)c1ccccc1. The Morgan fingerprint density at radius 1 is 0.839 bits per heavy atom. The largest absolute Gasteiger partial charge is 0.373 e. The van der Waals surface area contributed by atoms with E-state index in [9.17, 15) is 8.42 Å². The van der Waals surface area contributed by atoms with Crippen LogP contribution in [0.3, 0.4) is 0 Å². The zero-order valence-electron chi connectivity index (χ0n) is 17.4. The van der Waals surface area contributed by atoms with E-state index in [4.69, 9.17) is 13.7 Å². The molecule has 5 nitrogen and oxygen atoms in total. The van der Waals surface area contributed by atoms with Gasteiger partial charge in [0.15, 0.2) is 0 Å². The molecule has 31 heavy (non-hydrogen) atoms. The molecule has 4 rings (SSSR count). The van der Waals surface area contributed by atoms with Crippen LogP contribution < -0.4 is 0 Å². The molecule has 0 bridgehead atoms. The van der Waals surface area contributed by atoms with E-state index in [1.54, 1.807) is 0 Å². The molecule has 0 N–H and O–H groups in total. The van der Waals surface area contributed by atoms with Gasteiger partial charge < -0.3 is 9.47 Å². The Balaban J connectivity index is 1.76. The molecule has 2 unspecified atom stereocenters. The van der Waals surface area contributed by atoms with Gasteiger partial charge in [0.05, 0.1) is 12.9 Å². The van der Waals surface area contributed by atoms with Crippen molar-refractivity contribution in [1.82, 2.24) is 0 Å². The first-order valence-corrected chi connectivity index (χ1v) is 12.1. The first-order valence-electron chi connectivity index (χ1n) is 10.3. The molecule has 6 heteroatoms. The van der Waals surface area contributed by atoms with Gasteiger partial charge in [-0.05, 0) is 16.7 Å². The van der Waals surface area contributed by atoms with E-state index in [2.05, 4.69) is 0 Å². The minimum absolute atomic E-state index is 0.179. The first-order chi connectivity index (χ1) is 15.0. The van der Waals surface area contributed by atoms with Crippen LogP contribution in [0.4, 0.5) is 0 Å². The normalized spacial score (nSPS) is 19.4. The molecule has 3 aromatic rings. The monoisotopic (exact) mass is 438 g/mol. The van der Waals surface area contributed by atoms with Crippen molar-refractivity contribution in [2.75, 3.05) is 19.5 Å². The molecule has 0 radical (unpaired) electrons. The Labute approximate surface area is 183 Å². The summed E-state index contributed by atoms with van der Waals surface area (Å²) < 4.78 is 41.1. The second kappa shape index (κ2) is 9.32. The third-order valence-corrected chi connectivity index (χ3v) is 6.05. The number of ether oxygens (including phenoxy) is 2. The Bertz CT molecular complexity index is 972. The van der Waals surface area contributed by atoms with Gasteiger partial charge in [0.2, 0.25) is 0 Å². The fourth-order valence-corrected chi connectivity index (χ4v) is 4.76. The lowest BCUT2D eigenvalue weighted by molar-refractivity contribution is -0.0648. The molecule has 0 amide bonds. The van der Waals surface area contributed by atoms with E-state index in [1.807, 2.05) is 91.0 Å². The average Bonchev–Trinajstić information content (AvgIpc) is 3.22. The summed E-state index contributed by atoms with van der Waals surface area (Å²) in [5, 5.41) is 0. The van der Waals surface area contributed by atoms with Crippen LogP contribution in [-0.4, -0.2) is 40.1 Å². The van der Waals surface area contributed by atoms with Crippen molar-refractivity contribution >= 4 is 10.1 Å². The fourth-order valence-electron chi connectivity index (χ4n) is 4.09. The van der Waals surface area contributed by atoms with Crippen molar-refractivity contribution in [2.24, 2.45) is 0 Å². The number of rotatable bonds is 8. The zero-order chi connectivity index (χ0) is 21.7. The lowest BCUT2D eigenvalue weighted by Crippen LogP contribution is -2.39. The lowest BCUT2D eigenvalue weighted by atomic mass is 9.80. The summed E-state index contributed by atoms with van der Waals surface area (Å²) in [6.07, 6.45) is 0.530. The maximum atomic E-state index is 11.7. The summed E-state index contributed by atoms with van der Waals surface area (Å²) >= 11 is 0. The van der Waals surface area contributed by atoms with Gasteiger partial charge in [0.1, 0.15) is 17.8 Å². The van der Waals surface area contributed by atoms with Gasteiger partial charge in [-0.3, -0.25) is 4.18 Å². The minimum atomic E-state index is -3.59. The van der Waals surface area contributed by atoms with Gasteiger partial charge in [-0.2, -0.15) is 8.42 Å². The molecule has 2 atom stereocenters. The molecule has 1 fully saturated rings. The number of hydrogen-bond donors (Lipinski definition) is 0. The summed E-state index contributed by atoms with van der Waals surface area (Å²) in [6, 6.07) is 30.1. The van der Waals surface area contributed by atoms with Crippen LogP contribution in [0.2, 0.25) is 0 Å². The van der Waals surface area contributed by atoms with Crippen molar-refractivity contribution in [3.8, 4) is 0 Å². The van der Waals surface area contributed by atoms with Gasteiger partial charge in [-0.15, -0.1) is 0 Å². The topological polar surface area (TPSA) is 61.8 Å². The van der Waals surface area contributed by atoms with Gasteiger partial charge in [0.25, 0.3) is 10.1 Å². The van der Waals surface area contributed by atoms with E-state index in [0.717, 1.165) is 22.9 Å². The zero-order valence-corrected chi connectivity index (χ0v) is 18.2. The van der Waals surface area contributed by atoms with Crippen molar-refractivity contribution in [2.45, 2.75) is 24.2 Å². The molecule has 162 valence electrons. The summed E-state index contributed by atoms with van der Waals surface area (Å²) in [6.45, 7) is 0.613. The minimum Gasteiger partial charge on any atom is -0.373 e. The molecule has 1 heterocycles. The van der Waals surface area contributed by atoms with Gasteiger partial charge in [0, 0.05) is 13.0 Å². The fraction of sp³-hybridized carbons (Fsp3) is 0.280. The highest BCUT2D eigenvalue weighted by Gasteiger charge is 2.40. The van der Waals surface area contributed by atoms with Crippen molar-refractivity contribution in [1.29, 1.82) is 0 Å². The third-order valence-electron chi connectivity index (χ3n) is 5.45. The van der Waals surface area contributed by atoms with Crippen LogP contribution >= 0.6 is 0 Å². The van der Waals surface area contributed by atoms with E-state index >= 15 is 0 Å². The molecule has 0 aliphatic carbocycles.